The molecule has 0 amide bonds. The predicted molar refractivity (Wildman–Crippen MR) is 96.2 cm³/mol. The van der Waals surface area contributed by atoms with Gasteiger partial charge >= 0.3 is 13.3 Å². The maximum Gasteiger partial charge on any atom is 0.496 e. The Kier molecular flexibility index (Phi) is 4.62. The summed E-state index contributed by atoms with van der Waals surface area (Å²) in [7, 11) is -0.743. The zero-order chi connectivity index (χ0) is 20.2. The number of hydrogen-bond donors (Lipinski definition) is 0. The van der Waals surface area contributed by atoms with Crippen molar-refractivity contribution in [2.75, 3.05) is 0 Å². The van der Waals surface area contributed by atoms with Crippen LogP contribution in [-0.4, -0.2) is 22.9 Å². The molecular formula is C18H17BClF3N2O2. The van der Waals surface area contributed by atoms with Crippen molar-refractivity contribution < 1.29 is 22.5 Å². The van der Waals surface area contributed by atoms with E-state index in [9.17, 15) is 18.4 Å². The summed E-state index contributed by atoms with van der Waals surface area (Å²) in [6.45, 7) is 7.55. The third-order valence-corrected chi connectivity index (χ3v) is 5.33. The van der Waals surface area contributed by atoms with Gasteiger partial charge in [-0.3, -0.25) is 0 Å². The maximum atomic E-state index is 13.1. The molecule has 0 spiro atoms. The van der Waals surface area contributed by atoms with Crippen molar-refractivity contribution in [2.24, 2.45) is 0 Å². The number of aromatic nitrogens is 1. The van der Waals surface area contributed by atoms with Crippen molar-refractivity contribution in [3.05, 3.63) is 46.7 Å². The Balaban J connectivity index is 2.06. The van der Waals surface area contributed by atoms with Crippen molar-refractivity contribution >= 4 is 24.2 Å². The summed E-state index contributed by atoms with van der Waals surface area (Å²) < 4.78 is 52.4. The Labute approximate surface area is 160 Å². The molecule has 1 aliphatic rings. The Morgan fingerprint density at radius 1 is 1.11 bits per heavy atom. The van der Waals surface area contributed by atoms with Gasteiger partial charge in [0.1, 0.15) is 11.8 Å². The molecule has 0 radical (unpaired) electrons. The number of nitrogens with zero attached hydrogens (tertiary/aromatic N) is 2. The topological polar surface area (TPSA) is 47.2 Å². The lowest BCUT2D eigenvalue weighted by Gasteiger charge is -2.32. The molecule has 2 aromatic rings. The first-order valence-electron chi connectivity index (χ1n) is 8.21. The molecule has 1 aromatic carbocycles. The Morgan fingerprint density at radius 3 is 2.22 bits per heavy atom. The van der Waals surface area contributed by atoms with E-state index in [0.29, 0.717) is 5.46 Å². The average molecular weight is 397 g/mol. The van der Waals surface area contributed by atoms with E-state index in [-0.39, 0.29) is 16.4 Å². The van der Waals surface area contributed by atoms with Gasteiger partial charge in [0, 0.05) is 11.7 Å². The summed E-state index contributed by atoms with van der Waals surface area (Å²) in [4.78, 5) is 0. The standard InChI is InChI=1S/C18H17BClF3N2O2/c1-16(2)17(3,4)27-19(26-16)12-8-13(9-24)25(10-12)15-7-11(18(21,22)23)5-6-14(15)20/h5-8,10H,1-4H3. The second kappa shape index (κ2) is 6.30. The number of alkyl halides is 3. The number of halogens is 4. The molecule has 0 aliphatic carbocycles. The first-order valence-corrected chi connectivity index (χ1v) is 8.59. The molecule has 1 aliphatic heterocycles. The largest absolute Gasteiger partial charge is 0.496 e. The van der Waals surface area contributed by atoms with E-state index in [1.165, 1.54) is 16.8 Å². The molecule has 0 unspecified atom stereocenters. The van der Waals surface area contributed by atoms with Crippen LogP contribution < -0.4 is 5.46 Å². The normalized spacial score (nSPS) is 18.6. The van der Waals surface area contributed by atoms with Crippen LogP contribution in [0.2, 0.25) is 5.02 Å². The molecule has 1 fully saturated rings. The molecule has 4 nitrogen and oxygen atoms in total. The quantitative estimate of drug-likeness (QED) is 0.710. The van der Waals surface area contributed by atoms with Crippen LogP contribution in [-0.2, 0) is 15.5 Å². The van der Waals surface area contributed by atoms with Crippen molar-refractivity contribution in [3.63, 3.8) is 0 Å². The molecule has 0 N–H and O–H groups in total. The van der Waals surface area contributed by atoms with Gasteiger partial charge in [0.15, 0.2) is 0 Å². The minimum Gasteiger partial charge on any atom is -0.399 e. The summed E-state index contributed by atoms with van der Waals surface area (Å²) in [5.74, 6) is 0. The van der Waals surface area contributed by atoms with Crippen LogP contribution in [0.1, 0.15) is 39.0 Å². The Bertz CT molecular complexity index is 916. The van der Waals surface area contributed by atoms with Crippen molar-refractivity contribution in [1.29, 1.82) is 5.26 Å². The van der Waals surface area contributed by atoms with Crippen molar-refractivity contribution in [1.82, 2.24) is 4.57 Å². The van der Waals surface area contributed by atoms with Gasteiger partial charge in [-0.2, -0.15) is 18.4 Å². The lowest BCUT2D eigenvalue weighted by molar-refractivity contribution is -0.137. The molecule has 0 saturated carbocycles. The number of hydrogen-bond acceptors (Lipinski definition) is 3. The van der Waals surface area contributed by atoms with E-state index in [1.807, 2.05) is 33.8 Å². The zero-order valence-electron chi connectivity index (χ0n) is 15.2. The first-order chi connectivity index (χ1) is 12.4. The third-order valence-electron chi connectivity index (χ3n) is 5.01. The summed E-state index contributed by atoms with van der Waals surface area (Å²) in [5.41, 5.74) is -1.30. The van der Waals surface area contributed by atoms with Crippen molar-refractivity contribution in [2.45, 2.75) is 45.1 Å². The van der Waals surface area contributed by atoms with Crippen LogP contribution in [0, 0.1) is 11.3 Å². The molecule has 9 heteroatoms. The van der Waals surface area contributed by atoms with E-state index in [0.717, 1.165) is 18.2 Å². The highest BCUT2D eigenvalue weighted by Gasteiger charge is 2.52. The first kappa shape index (κ1) is 19.8. The van der Waals surface area contributed by atoms with Gasteiger partial charge in [0.05, 0.1) is 27.5 Å². The van der Waals surface area contributed by atoms with Crippen LogP contribution >= 0.6 is 11.6 Å². The highest BCUT2D eigenvalue weighted by atomic mass is 35.5. The molecule has 0 bridgehead atoms. The van der Waals surface area contributed by atoms with Crippen molar-refractivity contribution in [3.8, 4) is 11.8 Å². The van der Waals surface area contributed by atoms with E-state index in [1.54, 1.807) is 0 Å². The fourth-order valence-electron chi connectivity index (χ4n) is 2.75. The van der Waals surface area contributed by atoms with Crippen LogP contribution in [0.3, 0.4) is 0 Å². The summed E-state index contributed by atoms with van der Waals surface area (Å²) in [5, 5.41) is 9.54. The number of rotatable bonds is 2. The minimum atomic E-state index is -4.52. The fourth-order valence-corrected chi connectivity index (χ4v) is 2.96. The maximum absolute atomic E-state index is 13.1. The highest BCUT2D eigenvalue weighted by Crippen LogP contribution is 2.37. The van der Waals surface area contributed by atoms with Gasteiger partial charge in [-0.05, 0) is 52.0 Å². The Hall–Kier alpha value is -1.95. The lowest BCUT2D eigenvalue weighted by atomic mass is 9.81. The van der Waals surface area contributed by atoms with Gasteiger partial charge < -0.3 is 13.9 Å². The van der Waals surface area contributed by atoms with Gasteiger partial charge in [0.2, 0.25) is 0 Å². The third kappa shape index (κ3) is 3.47. The fraction of sp³-hybridized carbons (Fsp3) is 0.389. The van der Waals surface area contributed by atoms with E-state index >= 15 is 0 Å². The molecule has 3 rings (SSSR count). The summed E-state index contributed by atoms with van der Waals surface area (Å²) in [6, 6.07) is 6.48. The number of benzene rings is 1. The summed E-state index contributed by atoms with van der Waals surface area (Å²) in [6.07, 6.45) is -3.00. The van der Waals surface area contributed by atoms with Crippen LogP contribution in [0.15, 0.2) is 30.5 Å². The Morgan fingerprint density at radius 2 is 1.70 bits per heavy atom. The molecular weight excluding hydrogens is 379 g/mol. The molecule has 142 valence electrons. The molecule has 0 atom stereocenters. The van der Waals surface area contributed by atoms with Gasteiger partial charge in [-0.15, -0.1) is 0 Å². The van der Waals surface area contributed by atoms with Crippen LogP contribution in [0.25, 0.3) is 5.69 Å². The van der Waals surface area contributed by atoms with Gasteiger partial charge in [-0.25, -0.2) is 0 Å². The lowest BCUT2D eigenvalue weighted by Crippen LogP contribution is -2.41. The average Bonchev–Trinajstić information content (AvgIpc) is 3.05. The van der Waals surface area contributed by atoms with Gasteiger partial charge in [0.25, 0.3) is 0 Å². The predicted octanol–water partition coefficient (Wildman–Crippen LogP) is 4.32. The van der Waals surface area contributed by atoms with E-state index in [2.05, 4.69) is 0 Å². The summed E-state index contributed by atoms with van der Waals surface area (Å²) >= 11 is 6.11. The number of nitriles is 1. The monoisotopic (exact) mass is 396 g/mol. The minimum absolute atomic E-state index is 0.0609. The molecule has 1 aromatic heterocycles. The molecule has 2 heterocycles. The SMILES string of the molecule is CC1(C)OB(c2cc(C#N)n(-c3cc(C(F)(F)F)ccc3Cl)c2)OC1(C)C. The second-order valence-electron chi connectivity index (χ2n) is 7.39. The molecule has 27 heavy (non-hydrogen) atoms. The smallest absolute Gasteiger partial charge is 0.399 e. The van der Waals surface area contributed by atoms with Crippen LogP contribution in [0.4, 0.5) is 13.2 Å². The second-order valence-corrected chi connectivity index (χ2v) is 7.80. The highest BCUT2D eigenvalue weighted by molar-refractivity contribution is 6.62. The zero-order valence-corrected chi connectivity index (χ0v) is 15.9. The van der Waals surface area contributed by atoms with Crippen LogP contribution in [0.5, 0.6) is 0 Å². The van der Waals surface area contributed by atoms with E-state index < -0.39 is 30.1 Å². The molecule has 1 saturated heterocycles. The van der Waals surface area contributed by atoms with Gasteiger partial charge in [-0.1, -0.05) is 11.6 Å². The van der Waals surface area contributed by atoms with E-state index in [4.69, 9.17) is 20.9 Å².